The summed E-state index contributed by atoms with van der Waals surface area (Å²) in [5.41, 5.74) is 3.21. The van der Waals surface area contributed by atoms with E-state index in [1.165, 1.54) is 12.1 Å². The maximum atomic E-state index is 13.6. The highest BCUT2D eigenvalue weighted by Gasteiger charge is 2.52. The van der Waals surface area contributed by atoms with Crippen LogP contribution in [0.2, 0.25) is 0 Å². The number of hydrogen-bond acceptors (Lipinski definition) is 2. The second-order valence-corrected chi connectivity index (χ2v) is 9.36. The van der Waals surface area contributed by atoms with Crippen molar-refractivity contribution in [2.75, 3.05) is 6.54 Å². The lowest BCUT2D eigenvalue weighted by molar-refractivity contribution is -0.190. The summed E-state index contributed by atoms with van der Waals surface area (Å²) in [6, 6.07) is 10.2. The van der Waals surface area contributed by atoms with Crippen molar-refractivity contribution in [1.29, 1.82) is 0 Å². The molecule has 1 saturated carbocycles. The number of nitrogens with one attached hydrogen (secondary N) is 1. The van der Waals surface area contributed by atoms with Crippen LogP contribution in [0.1, 0.15) is 43.2 Å². The molecule has 0 saturated heterocycles. The first-order valence-corrected chi connectivity index (χ1v) is 11.3. The van der Waals surface area contributed by atoms with Gasteiger partial charge in [-0.25, -0.2) is 9.07 Å². The predicted octanol–water partition coefficient (Wildman–Crippen LogP) is 5.46. The van der Waals surface area contributed by atoms with Gasteiger partial charge in [0.05, 0.1) is 23.3 Å². The van der Waals surface area contributed by atoms with E-state index in [0.29, 0.717) is 25.8 Å². The van der Waals surface area contributed by atoms with E-state index in [4.69, 9.17) is 0 Å². The highest BCUT2D eigenvalue weighted by molar-refractivity contribution is 5.82. The zero-order chi connectivity index (χ0) is 23.2. The number of aryl methyl sites for hydroxylation is 1. The highest BCUT2D eigenvalue weighted by Crippen LogP contribution is 2.53. The fourth-order valence-electron chi connectivity index (χ4n) is 6.04. The summed E-state index contributed by atoms with van der Waals surface area (Å²) < 4.78 is 55.8. The number of benzene rings is 2. The summed E-state index contributed by atoms with van der Waals surface area (Å²) in [4.78, 5) is 11.2. The molecule has 3 aromatic rings. The first kappa shape index (κ1) is 21.9. The number of fused-ring (bicyclic) bond motifs is 4. The molecule has 0 radical (unpaired) electrons. The number of halogens is 4. The first-order chi connectivity index (χ1) is 15.8. The Morgan fingerprint density at radius 3 is 2.70 bits per heavy atom. The first-order valence-electron chi connectivity index (χ1n) is 11.3. The van der Waals surface area contributed by atoms with Crippen LogP contribution in [0.4, 0.5) is 17.6 Å². The highest BCUT2D eigenvalue weighted by atomic mass is 19.4. The van der Waals surface area contributed by atoms with E-state index < -0.39 is 17.5 Å². The standard InChI is InChI=1S/C25H25F4N3O/c26-20-4-6-21(7-5-20)32-23-11-16-2-1-3-18-12-19(25(27,28)29)8-9-24(18,14-30-15-33)22(16)10-17(23)13-31-32/h4-7,10-11,13,15,18-19H,1-3,8-9,12,14H2,(H,30,33)/t18?,19?,24-/m1/s1. The Labute approximate surface area is 189 Å². The zero-order valence-corrected chi connectivity index (χ0v) is 18.0. The maximum Gasteiger partial charge on any atom is 0.391 e. The Hall–Kier alpha value is -2.90. The molecule has 2 unspecified atom stereocenters. The van der Waals surface area contributed by atoms with E-state index >= 15 is 0 Å². The molecule has 174 valence electrons. The summed E-state index contributed by atoms with van der Waals surface area (Å²) in [6.45, 7) is 0.330. The summed E-state index contributed by atoms with van der Waals surface area (Å²) in [5, 5.41) is 8.17. The summed E-state index contributed by atoms with van der Waals surface area (Å²) in [5.74, 6) is -1.77. The van der Waals surface area contributed by atoms with Crippen molar-refractivity contribution >= 4 is 17.3 Å². The molecule has 4 nitrogen and oxygen atoms in total. The minimum absolute atomic E-state index is 0.0624. The van der Waals surface area contributed by atoms with Crippen LogP contribution in [0.15, 0.2) is 42.6 Å². The van der Waals surface area contributed by atoms with Crippen molar-refractivity contribution in [3.8, 4) is 5.69 Å². The van der Waals surface area contributed by atoms with Crippen molar-refractivity contribution in [2.45, 2.75) is 50.1 Å². The molecule has 33 heavy (non-hydrogen) atoms. The fourth-order valence-corrected chi connectivity index (χ4v) is 6.04. The topological polar surface area (TPSA) is 46.9 Å². The second-order valence-electron chi connectivity index (χ2n) is 9.36. The van der Waals surface area contributed by atoms with Gasteiger partial charge in [0.15, 0.2) is 0 Å². The third-order valence-electron chi connectivity index (χ3n) is 7.65. The van der Waals surface area contributed by atoms with Gasteiger partial charge < -0.3 is 5.32 Å². The van der Waals surface area contributed by atoms with Crippen LogP contribution >= 0.6 is 0 Å². The van der Waals surface area contributed by atoms with Crippen LogP contribution in [0.3, 0.4) is 0 Å². The van der Waals surface area contributed by atoms with Crippen LogP contribution in [0.25, 0.3) is 16.6 Å². The number of carbonyl (C=O) groups is 1. The molecular weight excluding hydrogens is 434 g/mol. The second kappa shape index (κ2) is 8.15. The minimum Gasteiger partial charge on any atom is -0.358 e. The van der Waals surface area contributed by atoms with E-state index in [1.807, 2.05) is 0 Å². The third kappa shape index (κ3) is 3.79. The quantitative estimate of drug-likeness (QED) is 0.416. The van der Waals surface area contributed by atoms with Crippen molar-refractivity contribution < 1.29 is 22.4 Å². The number of carbonyl (C=O) groups excluding carboxylic acids is 1. The van der Waals surface area contributed by atoms with Crippen LogP contribution in [0, 0.1) is 17.7 Å². The minimum atomic E-state index is -4.19. The lowest BCUT2D eigenvalue weighted by Gasteiger charge is -2.47. The molecule has 0 spiro atoms. The molecule has 1 heterocycles. The van der Waals surface area contributed by atoms with E-state index in [1.54, 1.807) is 23.0 Å². The van der Waals surface area contributed by atoms with Gasteiger partial charge in [0.1, 0.15) is 5.82 Å². The Morgan fingerprint density at radius 2 is 1.97 bits per heavy atom. The van der Waals surface area contributed by atoms with Gasteiger partial charge in [-0.1, -0.05) is 0 Å². The van der Waals surface area contributed by atoms with E-state index in [2.05, 4.69) is 22.5 Å². The molecule has 2 aliphatic carbocycles. The van der Waals surface area contributed by atoms with E-state index in [9.17, 15) is 22.4 Å². The largest absolute Gasteiger partial charge is 0.391 e. The molecule has 3 atom stereocenters. The maximum absolute atomic E-state index is 13.6. The van der Waals surface area contributed by atoms with Crippen LogP contribution < -0.4 is 5.32 Å². The average Bonchev–Trinajstić information content (AvgIpc) is 3.13. The van der Waals surface area contributed by atoms with Crippen LogP contribution in [-0.4, -0.2) is 28.9 Å². The van der Waals surface area contributed by atoms with Gasteiger partial charge >= 0.3 is 6.18 Å². The van der Waals surface area contributed by atoms with Crippen molar-refractivity contribution in [2.24, 2.45) is 11.8 Å². The molecule has 8 heteroatoms. The Kier molecular flexibility index (Phi) is 5.41. The lowest BCUT2D eigenvalue weighted by atomic mass is 9.59. The molecule has 5 rings (SSSR count). The number of nitrogens with zero attached hydrogens (tertiary/aromatic N) is 2. The summed E-state index contributed by atoms with van der Waals surface area (Å²) in [6.07, 6.45) is 0.966. The van der Waals surface area contributed by atoms with Crippen LogP contribution in [-0.2, 0) is 16.6 Å². The molecule has 1 N–H and O–H groups in total. The molecule has 1 fully saturated rings. The Morgan fingerprint density at radius 1 is 1.18 bits per heavy atom. The van der Waals surface area contributed by atoms with Gasteiger partial charge in [-0.2, -0.15) is 18.3 Å². The molecule has 1 aromatic heterocycles. The zero-order valence-electron chi connectivity index (χ0n) is 18.0. The van der Waals surface area contributed by atoms with Crippen LogP contribution in [0.5, 0.6) is 0 Å². The van der Waals surface area contributed by atoms with E-state index in [0.717, 1.165) is 40.6 Å². The number of hydrogen-bond donors (Lipinski definition) is 1. The number of rotatable bonds is 4. The van der Waals surface area contributed by atoms with Gasteiger partial charge in [-0.15, -0.1) is 0 Å². The SMILES string of the molecule is O=CNC[C@]12CCC(C(F)(F)F)CC1CCCc1cc3c(cnn3-c3ccc(F)cc3)cc12. The van der Waals surface area contributed by atoms with E-state index in [-0.39, 0.29) is 24.6 Å². The summed E-state index contributed by atoms with van der Waals surface area (Å²) in [7, 11) is 0. The average molecular weight is 459 g/mol. The monoisotopic (exact) mass is 459 g/mol. The molecule has 0 bridgehead atoms. The molecular formula is C25H25F4N3O. The van der Waals surface area contributed by atoms with Gasteiger partial charge in [0.2, 0.25) is 6.41 Å². The molecule has 2 aromatic carbocycles. The Balaban J connectivity index is 1.62. The number of amides is 1. The molecule has 1 amide bonds. The van der Waals surface area contributed by atoms with Gasteiger partial charge in [0.25, 0.3) is 0 Å². The number of aromatic nitrogens is 2. The fraction of sp³-hybridized carbons (Fsp3) is 0.440. The lowest BCUT2D eigenvalue weighted by Crippen LogP contribution is -2.49. The number of alkyl halides is 3. The normalized spacial score (nSPS) is 25.2. The smallest absolute Gasteiger partial charge is 0.358 e. The molecule has 2 aliphatic rings. The summed E-state index contributed by atoms with van der Waals surface area (Å²) >= 11 is 0. The van der Waals surface area contributed by atoms with Gasteiger partial charge in [-0.05, 0) is 92.0 Å². The van der Waals surface area contributed by atoms with Gasteiger partial charge in [0, 0.05) is 17.3 Å². The Bertz CT molecular complexity index is 1170. The van der Waals surface area contributed by atoms with Gasteiger partial charge in [-0.3, -0.25) is 4.79 Å². The predicted molar refractivity (Wildman–Crippen MR) is 117 cm³/mol. The van der Waals surface area contributed by atoms with Crippen molar-refractivity contribution in [3.63, 3.8) is 0 Å². The van der Waals surface area contributed by atoms with Crippen molar-refractivity contribution in [3.05, 3.63) is 59.5 Å². The third-order valence-corrected chi connectivity index (χ3v) is 7.65. The van der Waals surface area contributed by atoms with Crippen molar-refractivity contribution in [1.82, 2.24) is 15.1 Å². The molecule has 0 aliphatic heterocycles.